The highest BCUT2D eigenvalue weighted by molar-refractivity contribution is 5.94. The van der Waals surface area contributed by atoms with E-state index < -0.39 is 0 Å². The van der Waals surface area contributed by atoms with E-state index in [1.54, 1.807) is 10.6 Å². The number of aromatic amines is 1. The number of hydrogen-bond donors (Lipinski definition) is 2. The van der Waals surface area contributed by atoms with Gasteiger partial charge in [-0.05, 0) is 36.6 Å². The smallest absolute Gasteiger partial charge is 0.326 e. The van der Waals surface area contributed by atoms with Crippen LogP contribution in [0.15, 0.2) is 65.5 Å². The predicted octanol–water partition coefficient (Wildman–Crippen LogP) is 2.94. The number of amides is 1. The highest BCUT2D eigenvalue weighted by Crippen LogP contribution is 2.12. The van der Waals surface area contributed by atoms with Crippen LogP contribution in [0.2, 0.25) is 0 Å². The quantitative estimate of drug-likeness (QED) is 0.537. The maximum Gasteiger partial charge on any atom is 0.326 e. The van der Waals surface area contributed by atoms with Gasteiger partial charge in [0.2, 0.25) is 5.91 Å². The van der Waals surface area contributed by atoms with Gasteiger partial charge in [-0.15, -0.1) is 0 Å². The highest BCUT2D eigenvalue weighted by Gasteiger charge is 2.05. The van der Waals surface area contributed by atoms with Gasteiger partial charge >= 0.3 is 5.69 Å². The largest absolute Gasteiger partial charge is 0.352 e. The molecule has 3 aromatic rings. The van der Waals surface area contributed by atoms with Crippen molar-refractivity contribution >= 4 is 22.5 Å². The number of benzene rings is 2. The first-order valence-electron chi connectivity index (χ1n) is 8.34. The zero-order chi connectivity index (χ0) is 17.6. The molecule has 5 nitrogen and oxygen atoms in total. The molecule has 0 aliphatic rings. The van der Waals surface area contributed by atoms with E-state index in [-0.39, 0.29) is 11.6 Å². The molecule has 0 atom stereocenters. The van der Waals surface area contributed by atoms with Gasteiger partial charge in [0, 0.05) is 19.2 Å². The molecule has 128 valence electrons. The summed E-state index contributed by atoms with van der Waals surface area (Å²) in [5.41, 5.74) is 3.55. The minimum Gasteiger partial charge on any atom is -0.352 e. The fourth-order valence-corrected chi connectivity index (χ4v) is 2.81. The Hall–Kier alpha value is -3.08. The van der Waals surface area contributed by atoms with Crippen molar-refractivity contribution in [2.45, 2.75) is 19.9 Å². The first-order chi connectivity index (χ1) is 12.1. The van der Waals surface area contributed by atoms with E-state index in [9.17, 15) is 9.59 Å². The fraction of sp³-hybridized carbons (Fsp3) is 0.200. The van der Waals surface area contributed by atoms with Gasteiger partial charge in [0.05, 0.1) is 11.0 Å². The summed E-state index contributed by atoms with van der Waals surface area (Å²) in [6.45, 7) is 2.99. The molecule has 1 heterocycles. The summed E-state index contributed by atoms with van der Waals surface area (Å²) in [4.78, 5) is 26.8. The molecule has 0 aliphatic carbocycles. The minimum absolute atomic E-state index is 0.118. The van der Waals surface area contributed by atoms with Crippen molar-refractivity contribution in [3.63, 3.8) is 0 Å². The van der Waals surface area contributed by atoms with Gasteiger partial charge in [0.1, 0.15) is 0 Å². The summed E-state index contributed by atoms with van der Waals surface area (Å²) in [5.74, 6) is -0.118. The van der Waals surface area contributed by atoms with Gasteiger partial charge in [-0.25, -0.2) is 4.79 Å². The van der Waals surface area contributed by atoms with Crippen LogP contribution in [0.1, 0.15) is 18.9 Å². The van der Waals surface area contributed by atoms with Crippen LogP contribution in [0.25, 0.3) is 16.6 Å². The Morgan fingerprint density at radius 2 is 1.84 bits per heavy atom. The molecule has 0 fully saturated rings. The van der Waals surface area contributed by atoms with E-state index in [1.165, 1.54) is 0 Å². The van der Waals surface area contributed by atoms with Gasteiger partial charge in [0.25, 0.3) is 0 Å². The van der Waals surface area contributed by atoms with Crippen LogP contribution >= 0.6 is 0 Å². The Morgan fingerprint density at radius 1 is 1.12 bits per heavy atom. The number of para-hydroxylation sites is 2. The lowest BCUT2D eigenvalue weighted by Gasteiger charge is -2.05. The number of nitrogens with one attached hydrogen (secondary N) is 2. The van der Waals surface area contributed by atoms with Crippen molar-refractivity contribution in [1.82, 2.24) is 14.9 Å². The van der Waals surface area contributed by atoms with Crippen LogP contribution in [-0.2, 0) is 11.3 Å². The van der Waals surface area contributed by atoms with Crippen molar-refractivity contribution in [2.75, 3.05) is 6.54 Å². The maximum atomic E-state index is 12.0. The van der Waals surface area contributed by atoms with Crippen molar-refractivity contribution in [3.8, 4) is 0 Å². The van der Waals surface area contributed by atoms with Crippen molar-refractivity contribution in [1.29, 1.82) is 0 Å². The molecular formula is C20H21N3O2. The number of fused-ring (bicyclic) bond motifs is 1. The Bertz CT molecular complexity index is 952. The van der Waals surface area contributed by atoms with Gasteiger partial charge in [0.15, 0.2) is 0 Å². The minimum atomic E-state index is -0.118. The molecule has 0 radical (unpaired) electrons. The second kappa shape index (κ2) is 7.66. The lowest BCUT2D eigenvalue weighted by atomic mass is 10.1. The van der Waals surface area contributed by atoms with Crippen LogP contribution in [0.4, 0.5) is 0 Å². The Balaban J connectivity index is 1.54. The van der Waals surface area contributed by atoms with Gasteiger partial charge in [-0.3, -0.25) is 9.36 Å². The molecule has 1 aromatic heterocycles. The zero-order valence-corrected chi connectivity index (χ0v) is 14.2. The Kier molecular flexibility index (Phi) is 5.14. The normalized spacial score (nSPS) is 11.6. The highest BCUT2D eigenvalue weighted by atomic mass is 16.2. The number of rotatable bonds is 6. The maximum absolute atomic E-state index is 12.0. The molecule has 0 saturated carbocycles. The zero-order valence-electron chi connectivity index (χ0n) is 14.2. The van der Waals surface area contributed by atoms with Crippen LogP contribution < -0.4 is 11.0 Å². The molecule has 0 bridgehead atoms. The first-order valence-corrected chi connectivity index (χ1v) is 8.34. The SMILES string of the molecule is C/C(=C\C(=O)NCCCn1c(=O)[nH]c2ccccc21)c1ccccc1. The molecule has 0 spiro atoms. The molecule has 2 aromatic carbocycles. The molecular weight excluding hydrogens is 314 g/mol. The average molecular weight is 335 g/mol. The number of aromatic nitrogens is 2. The van der Waals surface area contributed by atoms with Crippen molar-refractivity contribution in [2.24, 2.45) is 0 Å². The summed E-state index contributed by atoms with van der Waals surface area (Å²) in [6, 6.07) is 17.4. The predicted molar refractivity (Wildman–Crippen MR) is 100 cm³/mol. The monoisotopic (exact) mass is 335 g/mol. The average Bonchev–Trinajstić information content (AvgIpc) is 2.95. The van der Waals surface area contributed by atoms with Gasteiger partial charge in [-0.2, -0.15) is 0 Å². The summed E-state index contributed by atoms with van der Waals surface area (Å²) in [6.07, 6.45) is 2.29. The topological polar surface area (TPSA) is 66.9 Å². The van der Waals surface area contributed by atoms with Crippen molar-refractivity contribution < 1.29 is 4.79 Å². The molecule has 3 rings (SSSR count). The fourth-order valence-electron chi connectivity index (χ4n) is 2.81. The summed E-state index contributed by atoms with van der Waals surface area (Å²) in [7, 11) is 0. The van der Waals surface area contributed by atoms with E-state index >= 15 is 0 Å². The third kappa shape index (κ3) is 4.07. The van der Waals surface area contributed by atoms with E-state index in [0.717, 1.165) is 22.2 Å². The Morgan fingerprint density at radius 3 is 2.64 bits per heavy atom. The molecule has 0 aliphatic heterocycles. The number of aryl methyl sites for hydroxylation is 1. The number of H-pyrrole nitrogens is 1. The van der Waals surface area contributed by atoms with Crippen LogP contribution in [0.3, 0.4) is 0 Å². The van der Waals surface area contributed by atoms with Crippen molar-refractivity contribution in [3.05, 3.63) is 76.7 Å². The van der Waals surface area contributed by atoms with E-state index in [4.69, 9.17) is 0 Å². The summed E-state index contributed by atoms with van der Waals surface area (Å²) >= 11 is 0. The van der Waals surface area contributed by atoms with E-state index in [2.05, 4.69) is 10.3 Å². The number of allylic oxidation sites excluding steroid dienone is 1. The Labute approximate surface area is 146 Å². The van der Waals surface area contributed by atoms with Crippen LogP contribution in [0.5, 0.6) is 0 Å². The molecule has 25 heavy (non-hydrogen) atoms. The molecule has 0 saturated heterocycles. The number of imidazole rings is 1. The van der Waals surface area contributed by atoms with Crippen LogP contribution in [0, 0.1) is 0 Å². The molecule has 2 N–H and O–H groups in total. The summed E-state index contributed by atoms with van der Waals surface area (Å²) in [5, 5.41) is 2.87. The lowest BCUT2D eigenvalue weighted by Crippen LogP contribution is -2.25. The molecule has 0 unspecified atom stereocenters. The second-order valence-corrected chi connectivity index (χ2v) is 5.94. The second-order valence-electron chi connectivity index (χ2n) is 5.94. The van der Waals surface area contributed by atoms with Crippen LogP contribution in [-0.4, -0.2) is 22.0 Å². The number of carbonyl (C=O) groups excluding carboxylic acids is 1. The van der Waals surface area contributed by atoms with Gasteiger partial charge < -0.3 is 10.3 Å². The number of carbonyl (C=O) groups is 1. The number of nitrogens with zero attached hydrogens (tertiary/aromatic N) is 1. The molecule has 1 amide bonds. The third-order valence-electron chi connectivity index (χ3n) is 4.12. The lowest BCUT2D eigenvalue weighted by molar-refractivity contribution is -0.116. The third-order valence-corrected chi connectivity index (χ3v) is 4.12. The van der Waals surface area contributed by atoms with E-state index in [1.807, 2.05) is 61.5 Å². The molecule has 5 heteroatoms. The summed E-state index contributed by atoms with van der Waals surface area (Å²) < 4.78 is 1.70. The van der Waals surface area contributed by atoms with Gasteiger partial charge in [-0.1, -0.05) is 42.5 Å². The number of hydrogen-bond acceptors (Lipinski definition) is 2. The van der Waals surface area contributed by atoms with E-state index in [0.29, 0.717) is 19.5 Å². The first kappa shape index (κ1) is 16.8. The standard InChI is InChI=1S/C20H21N3O2/c1-15(16-8-3-2-4-9-16)14-19(24)21-12-7-13-23-18-11-6-5-10-17(18)22-20(23)25/h2-6,8-11,14H,7,12-13H2,1H3,(H,21,24)(H,22,25)/b15-14+.